The molecule has 1 N–H and O–H groups in total. The van der Waals surface area contributed by atoms with Gasteiger partial charge in [0.05, 0.1) is 28.7 Å². The number of fused-ring (bicyclic) bond motifs is 2. The lowest BCUT2D eigenvalue weighted by molar-refractivity contribution is 0.415. The van der Waals surface area contributed by atoms with Gasteiger partial charge in [0.1, 0.15) is 5.75 Å². The van der Waals surface area contributed by atoms with Gasteiger partial charge >= 0.3 is 0 Å². The van der Waals surface area contributed by atoms with Gasteiger partial charge in [-0.2, -0.15) is 5.10 Å². The quantitative estimate of drug-likeness (QED) is 0.743. The van der Waals surface area contributed by atoms with E-state index >= 15 is 0 Å². The van der Waals surface area contributed by atoms with Gasteiger partial charge in [0.15, 0.2) is 0 Å². The van der Waals surface area contributed by atoms with Crippen LogP contribution in [-0.2, 0) is 6.42 Å². The Hall–Kier alpha value is -2.47. The SMILES string of the molecule is COc1ccc2sc(N/N=C3\CCCc4cccnc43)nc2c1. The van der Waals surface area contributed by atoms with Crippen molar-refractivity contribution in [2.75, 3.05) is 12.5 Å². The molecule has 0 spiro atoms. The lowest BCUT2D eigenvalue weighted by Crippen LogP contribution is -2.15. The minimum Gasteiger partial charge on any atom is -0.497 e. The van der Waals surface area contributed by atoms with Crippen LogP contribution in [0.4, 0.5) is 5.13 Å². The van der Waals surface area contributed by atoms with E-state index in [9.17, 15) is 0 Å². The number of anilines is 1. The van der Waals surface area contributed by atoms with Gasteiger partial charge in [0.25, 0.3) is 0 Å². The number of benzene rings is 1. The largest absolute Gasteiger partial charge is 0.497 e. The van der Waals surface area contributed by atoms with Gasteiger partial charge in [0, 0.05) is 12.3 Å². The van der Waals surface area contributed by atoms with E-state index in [1.807, 2.05) is 30.5 Å². The monoisotopic (exact) mass is 324 g/mol. The molecular formula is C17H16N4OS. The Balaban J connectivity index is 1.62. The Kier molecular flexibility index (Phi) is 3.67. The summed E-state index contributed by atoms with van der Waals surface area (Å²) in [5.41, 5.74) is 7.30. The second-order valence-electron chi connectivity index (χ2n) is 5.39. The third kappa shape index (κ3) is 2.77. The molecule has 3 aromatic rings. The van der Waals surface area contributed by atoms with Crippen LogP contribution in [0.2, 0.25) is 0 Å². The normalized spacial score (nSPS) is 15.6. The summed E-state index contributed by atoms with van der Waals surface area (Å²) >= 11 is 1.58. The van der Waals surface area contributed by atoms with E-state index in [4.69, 9.17) is 4.74 Å². The van der Waals surface area contributed by atoms with Gasteiger partial charge < -0.3 is 4.74 Å². The maximum absolute atomic E-state index is 5.23. The third-order valence-corrected chi connectivity index (χ3v) is 4.85. The highest BCUT2D eigenvalue weighted by molar-refractivity contribution is 7.22. The number of hydrazone groups is 1. The van der Waals surface area contributed by atoms with Crippen LogP contribution in [0, 0.1) is 0 Å². The fraction of sp³-hybridized carbons (Fsp3) is 0.235. The second kappa shape index (κ2) is 5.96. The van der Waals surface area contributed by atoms with Gasteiger partial charge in [-0.15, -0.1) is 0 Å². The van der Waals surface area contributed by atoms with Crippen LogP contribution in [0.3, 0.4) is 0 Å². The Bertz CT molecular complexity index is 887. The number of thiazole rings is 1. The molecule has 1 aliphatic carbocycles. The number of aryl methyl sites for hydroxylation is 1. The summed E-state index contributed by atoms with van der Waals surface area (Å²) in [4.78, 5) is 9.04. The molecule has 0 radical (unpaired) electrons. The van der Waals surface area contributed by atoms with Crippen molar-refractivity contribution in [1.82, 2.24) is 9.97 Å². The van der Waals surface area contributed by atoms with Crippen LogP contribution in [0.15, 0.2) is 41.6 Å². The minimum atomic E-state index is 0.781. The Morgan fingerprint density at radius 2 is 2.22 bits per heavy atom. The first-order valence-electron chi connectivity index (χ1n) is 7.55. The number of ether oxygens (including phenoxy) is 1. The van der Waals surface area contributed by atoms with Crippen LogP contribution in [0.1, 0.15) is 24.1 Å². The smallest absolute Gasteiger partial charge is 0.204 e. The van der Waals surface area contributed by atoms with E-state index in [1.54, 1.807) is 18.4 Å². The van der Waals surface area contributed by atoms with Crippen molar-refractivity contribution in [1.29, 1.82) is 0 Å². The molecular weight excluding hydrogens is 308 g/mol. The number of methoxy groups -OCH3 is 1. The highest BCUT2D eigenvalue weighted by atomic mass is 32.1. The number of rotatable bonds is 3. The molecule has 0 aliphatic heterocycles. The molecule has 2 aromatic heterocycles. The Labute approximate surface area is 138 Å². The van der Waals surface area contributed by atoms with E-state index in [2.05, 4.69) is 26.6 Å². The van der Waals surface area contributed by atoms with Crippen molar-refractivity contribution < 1.29 is 4.74 Å². The molecule has 23 heavy (non-hydrogen) atoms. The lowest BCUT2D eigenvalue weighted by atomic mass is 9.95. The average Bonchev–Trinajstić information content (AvgIpc) is 3.01. The standard InChI is InChI=1S/C17H16N4OS/c1-22-12-7-8-15-14(10-12)19-17(23-15)21-20-13-6-2-4-11-5-3-9-18-16(11)13/h3,5,7-10H,2,4,6H2,1H3,(H,19,21)/b20-13+. The molecule has 0 bridgehead atoms. The highest BCUT2D eigenvalue weighted by Crippen LogP contribution is 2.29. The fourth-order valence-electron chi connectivity index (χ4n) is 2.77. The number of aromatic nitrogens is 2. The minimum absolute atomic E-state index is 0.781. The molecule has 1 aliphatic rings. The van der Waals surface area contributed by atoms with Crippen LogP contribution in [0.5, 0.6) is 5.75 Å². The zero-order valence-electron chi connectivity index (χ0n) is 12.7. The molecule has 5 nitrogen and oxygen atoms in total. The predicted molar refractivity (Wildman–Crippen MR) is 93.5 cm³/mol. The summed E-state index contributed by atoms with van der Waals surface area (Å²) in [5.74, 6) is 0.811. The third-order valence-electron chi connectivity index (χ3n) is 3.91. The summed E-state index contributed by atoms with van der Waals surface area (Å²) in [7, 11) is 1.66. The first kappa shape index (κ1) is 14.1. The second-order valence-corrected chi connectivity index (χ2v) is 6.42. The maximum atomic E-state index is 5.23. The van der Waals surface area contributed by atoms with Crippen LogP contribution >= 0.6 is 11.3 Å². The van der Waals surface area contributed by atoms with Gasteiger partial charge in [-0.1, -0.05) is 17.4 Å². The molecule has 0 saturated carbocycles. The molecule has 2 heterocycles. The summed E-state index contributed by atoms with van der Waals surface area (Å²) < 4.78 is 6.34. The summed E-state index contributed by atoms with van der Waals surface area (Å²) in [6.45, 7) is 0. The summed E-state index contributed by atoms with van der Waals surface area (Å²) in [6.07, 6.45) is 4.94. The molecule has 116 valence electrons. The highest BCUT2D eigenvalue weighted by Gasteiger charge is 2.16. The van der Waals surface area contributed by atoms with Crippen molar-refractivity contribution in [2.24, 2.45) is 5.10 Å². The molecule has 0 saturated heterocycles. The molecule has 0 atom stereocenters. The van der Waals surface area contributed by atoms with Crippen molar-refractivity contribution in [3.05, 3.63) is 47.8 Å². The fourth-order valence-corrected chi connectivity index (χ4v) is 3.56. The summed E-state index contributed by atoms with van der Waals surface area (Å²) in [5, 5.41) is 5.33. The Morgan fingerprint density at radius 1 is 1.26 bits per heavy atom. The van der Waals surface area contributed by atoms with Crippen molar-refractivity contribution in [2.45, 2.75) is 19.3 Å². The van der Waals surface area contributed by atoms with E-state index in [0.717, 1.165) is 51.8 Å². The van der Waals surface area contributed by atoms with E-state index < -0.39 is 0 Å². The predicted octanol–water partition coefficient (Wildman–Crippen LogP) is 3.85. The molecule has 4 rings (SSSR count). The first-order chi connectivity index (χ1) is 11.3. The summed E-state index contributed by atoms with van der Waals surface area (Å²) in [6, 6.07) is 10.00. The van der Waals surface area contributed by atoms with E-state index in [1.165, 1.54) is 5.56 Å². The molecule has 0 amide bonds. The van der Waals surface area contributed by atoms with Crippen molar-refractivity contribution >= 4 is 32.4 Å². The van der Waals surface area contributed by atoms with E-state index in [0.29, 0.717) is 0 Å². The average molecular weight is 324 g/mol. The number of nitrogens with zero attached hydrogens (tertiary/aromatic N) is 3. The van der Waals surface area contributed by atoms with Crippen molar-refractivity contribution in [3.8, 4) is 5.75 Å². The van der Waals surface area contributed by atoms with Gasteiger partial charge in [-0.3, -0.25) is 10.4 Å². The number of nitrogens with one attached hydrogen (secondary N) is 1. The maximum Gasteiger partial charge on any atom is 0.204 e. The lowest BCUT2D eigenvalue weighted by Gasteiger charge is -2.15. The Morgan fingerprint density at radius 3 is 3.13 bits per heavy atom. The first-order valence-corrected chi connectivity index (χ1v) is 8.36. The molecule has 1 aromatic carbocycles. The molecule has 6 heteroatoms. The topological polar surface area (TPSA) is 59.4 Å². The molecule has 0 fully saturated rings. The molecule has 0 unspecified atom stereocenters. The van der Waals surface area contributed by atoms with Crippen molar-refractivity contribution in [3.63, 3.8) is 0 Å². The number of hydrogen-bond donors (Lipinski definition) is 1. The van der Waals surface area contributed by atoms with Gasteiger partial charge in [0.2, 0.25) is 5.13 Å². The van der Waals surface area contributed by atoms with Gasteiger partial charge in [-0.25, -0.2) is 4.98 Å². The van der Waals surface area contributed by atoms with Crippen LogP contribution in [0.25, 0.3) is 10.2 Å². The van der Waals surface area contributed by atoms with Crippen LogP contribution < -0.4 is 10.2 Å². The zero-order valence-corrected chi connectivity index (χ0v) is 13.6. The number of pyridine rings is 1. The van der Waals surface area contributed by atoms with Crippen LogP contribution in [-0.4, -0.2) is 22.8 Å². The number of hydrogen-bond acceptors (Lipinski definition) is 6. The zero-order chi connectivity index (χ0) is 15.6. The van der Waals surface area contributed by atoms with Gasteiger partial charge in [-0.05, 0) is 43.0 Å². The van der Waals surface area contributed by atoms with E-state index in [-0.39, 0.29) is 0 Å².